The van der Waals surface area contributed by atoms with Gasteiger partial charge in [-0.25, -0.2) is 9.59 Å². The Kier molecular flexibility index (Phi) is 7.01. The van der Waals surface area contributed by atoms with Crippen LogP contribution in [-0.4, -0.2) is 87.0 Å². The van der Waals surface area contributed by atoms with Crippen molar-refractivity contribution in [3.8, 4) is 5.69 Å². The highest BCUT2D eigenvalue weighted by Crippen LogP contribution is 2.53. The van der Waals surface area contributed by atoms with Crippen molar-refractivity contribution in [3.63, 3.8) is 0 Å². The predicted octanol–water partition coefficient (Wildman–Crippen LogP) is 0.671. The zero-order chi connectivity index (χ0) is 27.2. The van der Waals surface area contributed by atoms with Crippen LogP contribution in [0.1, 0.15) is 26.3 Å². The Morgan fingerprint density at radius 1 is 1.05 bits per heavy atom. The Balaban J connectivity index is 1.14. The van der Waals surface area contributed by atoms with E-state index in [0.29, 0.717) is 37.8 Å². The van der Waals surface area contributed by atoms with Crippen LogP contribution in [0.5, 0.6) is 0 Å². The van der Waals surface area contributed by atoms with E-state index in [0.717, 1.165) is 31.5 Å². The van der Waals surface area contributed by atoms with Gasteiger partial charge >= 0.3 is 11.7 Å². The summed E-state index contributed by atoms with van der Waals surface area (Å²) in [6.07, 6.45) is 1.61. The molecule has 3 unspecified atom stereocenters. The van der Waals surface area contributed by atoms with Gasteiger partial charge in [-0.2, -0.15) is 4.98 Å². The molecule has 3 fully saturated rings. The molecule has 0 bridgehead atoms. The number of hydrogen-bond acceptors (Lipinski definition) is 7. The summed E-state index contributed by atoms with van der Waals surface area (Å²) in [6.45, 7) is 10.1. The number of aromatic nitrogens is 2. The minimum Gasteiger partial charge on any atom is -0.338 e. The van der Waals surface area contributed by atoms with E-state index in [4.69, 9.17) is 11.5 Å². The number of piperazine rings is 1. The van der Waals surface area contributed by atoms with Crippen LogP contribution < -0.4 is 22.5 Å². The Labute approximate surface area is 222 Å². The molecule has 11 heteroatoms. The van der Waals surface area contributed by atoms with Crippen molar-refractivity contribution in [2.45, 2.75) is 38.9 Å². The van der Waals surface area contributed by atoms with Crippen LogP contribution in [0, 0.1) is 17.8 Å². The number of benzene rings is 1. The van der Waals surface area contributed by atoms with Crippen LogP contribution >= 0.6 is 0 Å². The van der Waals surface area contributed by atoms with E-state index in [2.05, 4.69) is 22.1 Å². The van der Waals surface area contributed by atoms with Gasteiger partial charge in [-0.15, -0.1) is 0 Å². The number of hydrogen-bond donors (Lipinski definition) is 3. The summed E-state index contributed by atoms with van der Waals surface area (Å²) in [4.78, 5) is 47.5. The molecule has 1 aliphatic carbocycles. The first-order valence-electron chi connectivity index (χ1n) is 13.3. The molecule has 11 nitrogen and oxygen atoms in total. The number of nitrogens with two attached hydrogens (primary N) is 2. The average Bonchev–Trinajstić information content (AvgIpc) is 3.40. The van der Waals surface area contributed by atoms with Crippen LogP contribution in [0.2, 0.25) is 0 Å². The maximum absolute atomic E-state index is 12.7. The highest BCUT2D eigenvalue weighted by Gasteiger charge is 2.56. The molecule has 0 radical (unpaired) electrons. The molecule has 0 spiro atoms. The van der Waals surface area contributed by atoms with Crippen LogP contribution in [-0.2, 0) is 11.3 Å². The summed E-state index contributed by atoms with van der Waals surface area (Å²) in [6, 6.07) is 9.46. The molecule has 3 aliphatic rings. The first-order chi connectivity index (χ1) is 18.0. The summed E-state index contributed by atoms with van der Waals surface area (Å²) < 4.78 is 1.46. The molecule has 2 saturated heterocycles. The van der Waals surface area contributed by atoms with Gasteiger partial charge in [0.25, 0.3) is 0 Å². The number of carbonyl (C=O) groups excluding carboxylic acids is 2. The van der Waals surface area contributed by atoms with Crippen LogP contribution in [0.15, 0.2) is 41.3 Å². The van der Waals surface area contributed by atoms with Crippen molar-refractivity contribution in [2.24, 2.45) is 29.2 Å². The summed E-state index contributed by atoms with van der Waals surface area (Å²) in [7, 11) is 0. The van der Waals surface area contributed by atoms with E-state index in [9.17, 15) is 14.4 Å². The van der Waals surface area contributed by atoms with E-state index < -0.39 is 11.2 Å². The minimum atomic E-state index is -0.944. The number of likely N-dealkylation sites (tertiary alicyclic amines) is 1. The number of fused-ring (bicyclic) bond motifs is 1. The molecule has 1 aromatic carbocycles. The maximum Gasteiger partial charge on any atom is 0.354 e. The lowest BCUT2D eigenvalue weighted by molar-refractivity contribution is -0.137. The van der Waals surface area contributed by atoms with Crippen molar-refractivity contribution >= 4 is 17.8 Å². The maximum atomic E-state index is 12.7. The third kappa shape index (κ3) is 5.45. The van der Waals surface area contributed by atoms with E-state index in [-0.39, 0.29) is 23.8 Å². The fourth-order valence-corrected chi connectivity index (χ4v) is 5.97. The molecule has 3 heterocycles. The SMILES string of the molecule is CC(N)C1C2CN(Cc3ccc(-n4ccc(NC(=O)N5CCN(C(=O)C(C)(C)N)CC5)nc4=O)cc3)CC21. The number of nitrogens with one attached hydrogen (secondary N) is 1. The minimum absolute atomic E-state index is 0.140. The lowest BCUT2D eigenvalue weighted by atomic mass is 10.1. The van der Waals surface area contributed by atoms with Gasteiger partial charge in [0.1, 0.15) is 5.82 Å². The number of nitrogens with zero attached hydrogens (tertiary/aromatic N) is 5. The van der Waals surface area contributed by atoms with Crippen molar-refractivity contribution in [2.75, 3.05) is 44.6 Å². The van der Waals surface area contributed by atoms with Crippen LogP contribution in [0.3, 0.4) is 0 Å². The first-order valence-corrected chi connectivity index (χ1v) is 13.3. The molecule has 3 atom stereocenters. The topological polar surface area (TPSA) is 143 Å². The smallest absolute Gasteiger partial charge is 0.338 e. The molecule has 2 aliphatic heterocycles. The van der Waals surface area contributed by atoms with Crippen molar-refractivity contribution in [3.05, 3.63) is 52.6 Å². The molecule has 38 heavy (non-hydrogen) atoms. The third-order valence-electron chi connectivity index (χ3n) is 8.01. The van der Waals surface area contributed by atoms with Crippen LogP contribution in [0.25, 0.3) is 5.69 Å². The summed E-state index contributed by atoms with van der Waals surface area (Å²) in [5.41, 5.74) is 12.5. The molecular weight excluding hydrogens is 484 g/mol. The van der Waals surface area contributed by atoms with E-state index in [1.807, 2.05) is 24.3 Å². The predicted molar refractivity (Wildman–Crippen MR) is 145 cm³/mol. The van der Waals surface area contributed by atoms with Crippen molar-refractivity contribution in [1.82, 2.24) is 24.3 Å². The second kappa shape index (κ2) is 10.1. The fourth-order valence-electron chi connectivity index (χ4n) is 5.97. The normalized spacial score (nSPS) is 24.2. The zero-order valence-corrected chi connectivity index (χ0v) is 22.3. The highest BCUT2D eigenvalue weighted by molar-refractivity contribution is 5.89. The average molecular weight is 523 g/mol. The molecule has 2 aromatic rings. The second-order valence-corrected chi connectivity index (χ2v) is 11.5. The summed E-state index contributed by atoms with van der Waals surface area (Å²) in [5, 5.41) is 2.69. The van der Waals surface area contributed by atoms with Gasteiger partial charge < -0.3 is 21.3 Å². The van der Waals surface area contributed by atoms with Gasteiger partial charge in [-0.3, -0.25) is 19.6 Å². The van der Waals surface area contributed by atoms with E-state index >= 15 is 0 Å². The summed E-state index contributed by atoms with van der Waals surface area (Å²) in [5.74, 6) is 2.22. The molecular formula is C27H38N8O3. The van der Waals surface area contributed by atoms with Gasteiger partial charge in [0.15, 0.2) is 0 Å². The molecule has 3 amide bonds. The molecule has 5 N–H and O–H groups in total. The summed E-state index contributed by atoms with van der Waals surface area (Å²) >= 11 is 0. The van der Waals surface area contributed by atoms with Gasteiger partial charge in [-0.1, -0.05) is 12.1 Å². The van der Waals surface area contributed by atoms with Crippen LogP contribution in [0.4, 0.5) is 10.6 Å². The molecule has 1 saturated carbocycles. The van der Waals surface area contributed by atoms with Gasteiger partial charge in [0.2, 0.25) is 5.91 Å². The van der Waals surface area contributed by atoms with Gasteiger partial charge in [-0.05, 0) is 62.3 Å². The quantitative estimate of drug-likeness (QED) is 0.506. The fraction of sp³-hybridized carbons (Fsp3) is 0.556. The number of rotatable bonds is 6. The number of anilines is 1. The molecule has 5 rings (SSSR count). The first kappa shape index (κ1) is 26.3. The van der Waals surface area contributed by atoms with Gasteiger partial charge in [0.05, 0.1) is 11.2 Å². The molecule has 204 valence electrons. The molecule has 1 aromatic heterocycles. The van der Waals surface area contributed by atoms with Crippen molar-refractivity contribution < 1.29 is 9.59 Å². The number of carbonyl (C=O) groups is 2. The number of piperidine rings is 1. The highest BCUT2D eigenvalue weighted by atomic mass is 16.2. The second-order valence-electron chi connectivity index (χ2n) is 11.5. The Bertz CT molecular complexity index is 1230. The largest absolute Gasteiger partial charge is 0.354 e. The van der Waals surface area contributed by atoms with Gasteiger partial charge in [0, 0.05) is 58.1 Å². The lowest BCUT2D eigenvalue weighted by Gasteiger charge is -2.37. The zero-order valence-electron chi connectivity index (χ0n) is 22.3. The Morgan fingerprint density at radius 2 is 1.66 bits per heavy atom. The number of amides is 3. The van der Waals surface area contributed by atoms with E-state index in [1.165, 1.54) is 10.1 Å². The Hall–Kier alpha value is -3.28. The monoisotopic (exact) mass is 522 g/mol. The van der Waals surface area contributed by atoms with Crippen molar-refractivity contribution in [1.29, 1.82) is 0 Å². The standard InChI is InChI=1S/C27H38N8O3/c1-17(28)23-20-15-32(16-21(20)23)14-18-4-6-19(7-5-18)35-9-8-22(31-26(35)38)30-25(37)34-12-10-33(11-13-34)24(36)27(2,3)29/h4-9,17,20-21,23H,10-16,28-29H2,1-3H3,(H,30,31,37,38). The lowest BCUT2D eigenvalue weighted by Crippen LogP contribution is -2.58. The number of urea groups is 1. The third-order valence-corrected chi connectivity index (χ3v) is 8.01. The Morgan fingerprint density at radius 3 is 2.21 bits per heavy atom. The van der Waals surface area contributed by atoms with E-state index in [1.54, 1.807) is 35.9 Å².